The van der Waals surface area contributed by atoms with E-state index in [-0.39, 0.29) is 19.1 Å². The maximum Gasteiger partial charge on any atom is 0.231 e. The molecule has 0 saturated heterocycles. The lowest BCUT2D eigenvalue weighted by Crippen LogP contribution is -2.14. The van der Waals surface area contributed by atoms with Crippen molar-refractivity contribution in [3.8, 4) is 11.5 Å². The summed E-state index contributed by atoms with van der Waals surface area (Å²) in [5.74, 6) is 1.24. The Labute approximate surface area is 139 Å². The molecular weight excluding hydrogens is 306 g/mol. The van der Waals surface area contributed by atoms with Crippen LogP contribution in [0.3, 0.4) is 0 Å². The molecule has 0 atom stereocenters. The number of amides is 1. The molecule has 3 aromatic rings. The van der Waals surface area contributed by atoms with E-state index >= 15 is 0 Å². The molecule has 0 fully saturated rings. The highest BCUT2D eigenvalue weighted by Crippen LogP contribution is 2.34. The zero-order chi connectivity index (χ0) is 16.7. The number of hydrogen-bond donors (Lipinski definition) is 1. The van der Waals surface area contributed by atoms with Gasteiger partial charge in [-0.25, -0.2) is 0 Å². The number of anilines is 1. The van der Waals surface area contributed by atoms with E-state index in [1.807, 2.05) is 19.9 Å². The number of benzene rings is 2. The number of carbonyl (C=O) groups is 1. The van der Waals surface area contributed by atoms with Crippen molar-refractivity contribution in [3.05, 3.63) is 53.3 Å². The first kappa shape index (κ1) is 14.6. The second kappa shape index (κ2) is 5.60. The van der Waals surface area contributed by atoms with E-state index in [0.717, 1.165) is 27.7 Å². The summed E-state index contributed by atoms with van der Waals surface area (Å²) >= 11 is 0. The fraction of sp³-hybridized carbons (Fsp3) is 0.211. The Morgan fingerprint density at radius 1 is 1.12 bits per heavy atom. The van der Waals surface area contributed by atoms with E-state index in [9.17, 15) is 4.79 Å². The van der Waals surface area contributed by atoms with E-state index in [1.165, 1.54) is 0 Å². The van der Waals surface area contributed by atoms with E-state index in [0.29, 0.717) is 17.2 Å². The topological polar surface area (TPSA) is 60.7 Å². The standard InChI is InChI=1S/C19H17NO4/c1-11-5-12(2)19-13(9-22-17(19)6-11)7-18(21)20-14-3-4-15-16(8-14)24-10-23-15/h3-6,8-9H,7,10H2,1-2H3,(H,20,21). The third-order valence-electron chi connectivity index (χ3n) is 4.10. The van der Waals surface area contributed by atoms with Crippen LogP contribution in [0.5, 0.6) is 11.5 Å². The third kappa shape index (κ3) is 2.58. The predicted molar refractivity (Wildman–Crippen MR) is 90.6 cm³/mol. The van der Waals surface area contributed by atoms with Gasteiger partial charge in [-0.15, -0.1) is 0 Å². The molecule has 1 N–H and O–H groups in total. The van der Waals surface area contributed by atoms with E-state index < -0.39 is 0 Å². The number of furan rings is 1. The van der Waals surface area contributed by atoms with Crippen LogP contribution in [0.2, 0.25) is 0 Å². The Hall–Kier alpha value is -2.95. The first-order valence-corrected chi connectivity index (χ1v) is 7.77. The Bertz CT molecular complexity index is 942. The van der Waals surface area contributed by atoms with Crippen LogP contribution in [-0.2, 0) is 11.2 Å². The smallest absolute Gasteiger partial charge is 0.231 e. The van der Waals surface area contributed by atoms with Crippen LogP contribution < -0.4 is 14.8 Å². The van der Waals surface area contributed by atoms with Gasteiger partial charge < -0.3 is 19.2 Å². The highest BCUT2D eigenvalue weighted by molar-refractivity contribution is 5.96. The number of nitrogens with one attached hydrogen (secondary N) is 1. The lowest BCUT2D eigenvalue weighted by molar-refractivity contribution is -0.115. The van der Waals surface area contributed by atoms with E-state index in [2.05, 4.69) is 11.4 Å². The molecule has 24 heavy (non-hydrogen) atoms. The highest BCUT2D eigenvalue weighted by Gasteiger charge is 2.16. The maximum absolute atomic E-state index is 12.4. The quantitative estimate of drug-likeness (QED) is 0.792. The van der Waals surface area contributed by atoms with E-state index in [4.69, 9.17) is 13.9 Å². The molecule has 5 nitrogen and oxygen atoms in total. The highest BCUT2D eigenvalue weighted by atomic mass is 16.7. The maximum atomic E-state index is 12.4. The molecule has 1 aliphatic heterocycles. The van der Waals surface area contributed by atoms with E-state index in [1.54, 1.807) is 24.5 Å². The Morgan fingerprint density at radius 3 is 2.83 bits per heavy atom. The van der Waals surface area contributed by atoms with Gasteiger partial charge in [0.2, 0.25) is 12.7 Å². The van der Waals surface area contributed by atoms with Crippen LogP contribution in [0.1, 0.15) is 16.7 Å². The van der Waals surface area contributed by atoms with Gasteiger partial charge in [-0.1, -0.05) is 6.07 Å². The monoisotopic (exact) mass is 323 g/mol. The van der Waals surface area contributed by atoms with Crippen molar-refractivity contribution in [1.29, 1.82) is 0 Å². The Balaban J connectivity index is 1.54. The summed E-state index contributed by atoms with van der Waals surface area (Å²) in [6.07, 6.45) is 1.92. The van der Waals surface area contributed by atoms with Gasteiger partial charge in [-0.3, -0.25) is 4.79 Å². The van der Waals surface area contributed by atoms with Gasteiger partial charge in [0.15, 0.2) is 11.5 Å². The third-order valence-corrected chi connectivity index (χ3v) is 4.10. The SMILES string of the molecule is Cc1cc(C)c2c(CC(=O)Nc3ccc4c(c3)OCO4)coc2c1. The van der Waals surface area contributed by atoms with Gasteiger partial charge in [-0.05, 0) is 43.2 Å². The average molecular weight is 323 g/mol. The van der Waals surface area contributed by atoms with Crippen molar-refractivity contribution in [3.63, 3.8) is 0 Å². The van der Waals surface area contributed by atoms with Crippen LogP contribution in [0, 0.1) is 13.8 Å². The molecule has 0 spiro atoms. The van der Waals surface area contributed by atoms with Gasteiger partial charge >= 0.3 is 0 Å². The molecule has 0 saturated carbocycles. The van der Waals surface area contributed by atoms with Crippen LogP contribution in [0.25, 0.3) is 11.0 Å². The van der Waals surface area contributed by atoms with Gasteiger partial charge in [0, 0.05) is 22.7 Å². The lowest BCUT2D eigenvalue weighted by Gasteiger charge is -2.06. The lowest BCUT2D eigenvalue weighted by atomic mass is 10.0. The van der Waals surface area contributed by atoms with Crippen molar-refractivity contribution in [2.24, 2.45) is 0 Å². The van der Waals surface area contributed by atoms with Crippen LogP contribution in [0.15, 0.2) is 41.0 Å². The van der Waals surface area contributed by atoms with Crippen LogP contribution >= 0.6 is 0 Å². The summed E-state index contributed by atoms with van der Waals surface area (Å²) in [7, 11) is 0. The Kier molecular flexibility index (Phi) is 3.41. The summed E-state index contributed by atoms with van der Waals surface area (Å²) < 4.78 is 16.2. The van der Waals surface area contributed by atoms with Gasteiger partial charge in [-0.2, -0.15) is 0 Å². The van der Waals surface area contributed by atoms with Crippen molar-refractivity contribution >= 4 is 22.6 Å². The molecule has 0 bridgehead atoms. The minimum absolute atomic E-state index is 0.100. The summed E-state index contributed by atoms with van der Waals surface area (Å²) in [5.41, 5.74) is 4.65. The first-order chi connectivity index (χ1) is 11.6. The molecule has 1 amide bonds. The molecule has 1 aliphatic rings. The normalized spacial score (nSPS) is 12.6. The van der Waals surface area contributed by atoms with Gasteiger partial charge in [0.1, 0.15) is 5.58 Å². The number of hydrogen-bond acceptors (Lipinski definition) is 4. The fourth-order valence-electron chi connectivity index (χ4n) is 3.11. The summed E-state index contributed by atoms with van der Waals surface area (Å²) in [6, 6.07) is 9.44. The molecule has 5 heteroatoms. The molecule has 1 aromatic heterocycles. The van der Waals surface area contributed by atoms with Crippen LogP contribution in [0.4, 0.5) is 5.69 Å². The molecular formula is C19H17NO4. The van der Waals surface area contributed by atoms with Crippen molar-refractivity contribution in [2.75, 3.05) is 12.1 Å². The molecule has 0 aliphatic carbocycles. The summed E-state index contributed by atoms with van der Waals surface area (Å²) in [4.78, 5) is 12.4. The average Bonchev–Trinajstić information content (AvgIpc) is 3.13. The number of carbonyl (C=O) groups excluding carboxylic acids is 1. The number of rotatable bonds is 3. The van der Waals surface area contributed by atoms with Crippen molar-refractivity contribution in [1.82, 2.24) is 0 Å². The molecule has 0 unspecified atom stereocenters. The molecule has 0 radical (unpaired) electrons. The fourth-order valence-corrected chi connectivity index (χ4v) is 3.11. The van der Waals surface area contributed by atoms with Crippen molar-refractivity contribution < 1.29 is 18.7 Å². The molecule has 122 valence electrons. The number of ether oxygens (including phenoxy) is 2. The largest absolute Gasteiger partial charge is 0.464 e. The molecule has 2 heterocycles. The second-order valence-corrected chi connectivity index (χ2v) is 6.01. The molecule has 4 rings (SSSR count). The summed E-state index contributed by atoms with van der Waals surface area (Å²) in [6.45, 7) is 4.28. The van der Waals surface area contributed by atoms with Gasteiger partial charge in [0.25, 0.3) is 0 Å². The zero-order valence-corrected chi connectivity index (χ0v) is 13.5. The minimum atomic E-state index is -0.100. The predicted octanol–water partition coefficient (Wildman–Crippen LogP) is 3.96. The number of fused-ring (bicyclic) bond motifs is 2. The van der Waals surface area contributed by atoms with Crippen molar-refractivity contribution in [2.45, 2.75) is 20.3 Å². The molecule has 2 aromatic carbocycles. The second-order valence-electron chi connectivity index (χ2n) is 6.01. The van der Waals surface area contributed by atoms with Gasteiger partial charge in [0.05, 0.1) is 12.7 Å². The minimum Gasteiger partial charge on any atom is -0.464 e. The zero-order valence-electron chi connectivity index (χ0n) is 13.5. The summed E-state index contributed by atoms with van der Waals surface area (Å²) in [5, 5.41) is 3.90. The Morgan fingerprint density at radius 2 is 1.96 bits per heavy atom. The number of aryl methyl sites for hydroxylation is 2. The van der Waals surface area contributed by atoms with Crippen LogP contribution in [-0.4, -0.2) is 12.7 Å². The first-order valence-electron chi connectivity index (χ1n) is 7.77.